The number of aryl methyl sites for hydroxylation is 1. The van der Waals surface area contributed by atoms with E-state index in [-0.39, 0.29) is 37.4 Å². The Labute approximate surface area is 415 Å². The van der Waals surface area contributed by atoms with Crippen LogP contribution in [0.25, 0.3) is 81.7 Å². The molecule has 0 atom stereocenters. The summed E-state index contributed by atoms with van der Waals surface area (Å²) in [6.07, 6.45) is 5.21. The zero-order valence-corrected chi connectivity index (χ0v) is 44.8. The summed E-state index contributed by atoms with van der Waals surface area (Å²) >= 11 is 1.72. The smallest absolute Gasteiger partial charge is 0.113 e. The Bertz CT molecular complexity index is 3350. The molecule has 0 unspecified atom stereocenters. The van der Waals surface area contributed by atoms with Gasteiger partial charge in [-0.2, -0.15) is 11.3 Å². The van der Waals surface area contributed by atoms with Crippen molar-refractivity contribution < 1.29 is 20.1 Å². The molecular formula is C59H59IrN5SSi-2. The number of nitrogens with zero attached hydrogens (tertiary/aromatic N) is 5. The molecule has 0 saturated heterocycles. The van der Waals surface area contributed by atoms with Crippen LogP contribution in [0.4, 0.5) is 0 Å². The van der Waals surface area contributed by atoms with Gasteiger partial charge in [-0.15, -0.1) is 54.1 Å². The van der Waals surface area contributed by atoms with Crippen LogP contribution >= 0.6 is 11.3 Å². The number of para-hydroxylation sites is 1. The van der Waals surface area contributed by atoms with Gasteiger partial charge < -0.3 is 9.55 Å². The van der Waals surface area contributed by atoms with Crippen molar-refractivity contribution in [2.45, 2.75) is 93.3 Å². The van der Waals surface area contributed by atoms with Crippen LogP contribution in [-0.2, 0) is 26.5 Å². The van der Waals surface area contributed by atoms with E-state index in [9.17, 15) is 0 Å². The molecule has 5 aromatic carbocycles. The van der Waals surface area contributed by atoms with Crippen molar-refractivity contribution in [1.82, 2.24) is 24.5 Å². The summed E-state index contributed by atoms with van der Waals surface area (Å²) in [7, 11) is -1.37. The van der Waals surface area contributed by atoms with Crippen molar-refractivity contribution >= 4 is 66.8 Å². The molecule has 0 aliphatic rings. The van der Waals surface area contributed by atoms with Gasteiger partial charge >= 0.3 is 0 Å². The first kappa shape index (κ1) is 47.8. The Morgan fingerprint density at radius 3 is 2.06 bits per heavy atom. The summed E-state index contributed by atoms with van der Waals surface area (Å²) in [6, 6.07) is 49.5. The maximum Gasteiger partial charge on any atom is 0.113 e. The van der Waals surface area contributed by atoms with E-state index in [2.05, 4.69) is 182 Å². The number of hydrogen-bond acceptors (Lipinski definition) is 5. The van der Waals surface area contributed by atoms with Gasteiger partial charge in [0.05, 0.1) is 36.6 Å². The predicted molar refractivity (Wildman–Crippen MR) is 284 cm³/mol. The zero-order chi connectivity index (χ0) is 46.5. The van der Waals surface area contributed by atoms with E-state index in [1.165, 1.54) is 49.5 Å². The first-order valence-electron chi connectivity index (χ1n) is 23.2. The van der Waals surface area contributed by atoms with Gasteiger partial charge in [0.15, 0.2) is 0 Å². The second-order valence-electron chi connectivity index (χ2n) is 20.5. The first-order chi connectivity index (χ1) is 31.6. The van der Waals surface area contributed by atoms with Gasteiger partial charge in [0.25, 0.3) is 0 Å². The summed E-state index contributed by atoms with van der Waals surface area (Å²) in [5.41, 5.74) is 15.0. The van der Waals surface area contributed by atoms with E-state index in [4.69, 9.17) is 19.9 Å². The van der Waals surface area contributed by atoms with Crippen molar-refractivity contribution in [1.29, 1.82) is 0 Å². The van der Waals surface area contributed by atoms with E-state index < -0.39 is 8.07 Å². The van der Waals surface area contributed by atoms with Gasteiger partial charge in [0.1, 0.15) is 4.83 Å². The Hall–Kier alpha value is -5.63. The monoisotopic (exact) mass is 1090 g/mol. The summed E-state index contributed by atoms with van der Waals surface area (Å²) < 4.78 is 3.53. The number of thiophene rings is 1. The number of imidazole rings is 1. The minimum atomic E-state index is -1.37. The third-order valence-corrected chi connectivity index (χ3v) is 15.5. The molecule has 10 aromatic rings. The van der Waals surface area contributed by atoms with Crippen molar-refractivity contribution in [2.24, 2.45) is 5.41 Å². The fourth-order valence-electron chi connectivity index (χ4n) is 9.15. The second-order valence-corrected chi connectivity index (χ2v) is 26.5. The average Bonchev–Trinajstić information content (AvgIpc) is 3.87. The number of benzene rings is 5. The molecule has 67 heavy (non-hydrogen) atoms. The SMILES string of the molecule is CC(C)(C)Cc1cc(-c2[c-]cccc2)ncc1[Si](C)(C)C.Cc1ccc2c(n1)sc1c(-c3nc4c5ccccc5ncc4n3-c3c(C(C)C)cc(-c4ccccc4)cc3C(C)C)[c-]ccc12.[Ir]. The molecule has 5 heterocycles. The fraction of sp³-hybridized carbons (Fsp3) is 0.254. The third-order valence-electron chi connectivity index (χ3n) is 12.3. The average molecular weight is 1090 g/mol. The fourth-order valence-corrected chi connectivity index (χ4v) is 11.9. The second kappa shape index (κ2) is 19.2. The largest absolute Gasteiger partial charge is 0.331 e. The van der Waals surface area contributed by atoms with Crippen LogP contribution in [0.2, 0.25) is 19.6 Å². The molecule has 0 bridgehead atoms. The van der Waals surface area contributed by atoms with E-state index in [0.717, 1.165) is 66.2 Å². The summed E-state index contributed by atoms with van der Waals surface area (Å²) in [6.45, 7) is 25.3. The van der Waals surface area contributed by atoms with Gasteiger partial charge in [-0.1, -0.05) is 145 Å². The molecule has 0 amide bonds. The topological polar surface area (TPSA) is 56.5 Å². The maximum atomic E-state index is 5.48. The molecule has 5 nitrogen and oxygen atoms in total. The minimum absolute atomic E-state index is 0. The normalized spacial score (nSPS) is 12.0. The molecule has 10 rings (SSSR count). The van der Waals surface area contributed by atoms with Crippen LogP contribution in [0.1, 0.15) is 82.7 Å². The van der Waals surface area contributed by atoms with Gasteiger partial charge in [-0.25, -0.2) is 4.98 Å². The standard InChI is InChI=1S/C40H33N4S.C19H26NSi.Ir/c1-23(2)32-20-27(26-12-7-6-8-13-26)21-33(24(3)4)37(32)44-35-22-41-34-17-10-9-14-30(34)36(35)43-39(44)31-16-11-15-28-29-19-18-25(5)42-40(29)45-38(28)31;1-19(2,3)13-16-12-17(15-10-8-7-9-11-15)20-14-18(16)21(4,5)6;/h6-15,17-24H,1-5H3;7-10,12,14H,13H2,1-6H3;/q2*-1;. The van der Waals surface area contributed by atoms with Crippen molar-refractivity contribution in [3.63, 3.8) is 0 Å². The van der Waals surface area contributed by atoms with Gasteiger partial charge in [0.2, 0.25) is 0 Å². The predicted octanol–water partition coefficient (Wildman–Crippen LogP) is 15.7. The number of hydrogen-bond donors (Lipinski definition) is 0. The van der Waals surface area contributed by atoms with Crippen LogP contribution in [0.3, 0.4) is 0 Å². The Morgan fingerprint density at radius 1 is 0.687 bits per heavy atom. The maximum absolute atomic E-state index is 5.48. The van der Waals surface area contributed by atoms with Crippen LogP contribution in [-0.4, -0.2) is 32.6 Å². The molecule has 341 valence electrons. The van der Waals surface area contributed by atoms with E-state index in [1.54, 1.807) is 11.3 Å². The van der Waals surface area contributed by atoms with Crippen LogP contribution in [0.15, 0.2) is 134 Å². The molecule has 0 saturated carbocycles. The number of pyridine rings is 3. The van der Waals surface area contributed by atoms with E-state index >= 15 is 0 Å². The van der Waals surface area contributed by atoms with Crippen molar-refractivity contribution in [2.75, 3.05) is 0 Å². The van der Waals surface area contributed by atoms with Crippen molar-refractivity contribution in [3.8, 4) is 39.5 Å². The van der Waals surface area contributed by atoms with Crippen molar-refractivity contribution in [3.05, 3.63) is 168 Å². The number of rotatable bonds is 8. The first-order valence-corrected chi connectivity index (χ1v) is 27.5. The summed E-state index contributed by atoms with van der Waals surface area (Å²) in [5.74, 6) is 1.43. The Balaban J connectivity index is 0.000000234. The van der Waals surface area contributed by atoms with Crippen LogP contribution in [0.5, 0.6) is 0 Å². The van der Waals surface area contributed by atoms with Crippen LogP contribution in [0, 0.1) is 24.5 Å². The number of aromatic nitrogens is 5. The summed E-state index contributed by atoms with van der Waals surface area (Å²) in [4.78, 5) is 21.1. The van der Waals surface area contributed by atoms with Gasteiger partial charge in [-0.05, 0) is 98.1 Å². The molecule has 0 spiro atoms. The quantitative estimate of drug-likeness (QED) is 0.112. The molecule has 1 radical (unpaired) electrons. The molecular weight excluding hydrogens is 1030 g/mol. The van der Waals surface area contributed by atoms with E-state index in [1.807, 2.05) is 43.5 Å². The molecule has 5 aromatic heterocycles. The third kappa shape index (κ3) is 9.73. The zero-order valence-electron chi connectivity index (χ0n) is 40.5. The molecule has 0 fully saturated rings. The van der Waals surface area contributed by atoms with Gasteiger partial charge in [-0.3, -0.25) is 9.97 Å². The number of fused-ring (bicyclic) bond motifs is 6. The Kier molecular flexibility index (Phi) is 13.7. The molecule has 0 aliphatic carbocycles. The van der Waals surface area contributed by atoms with E-state index in [0.29, 0.717) is 0 Å². The van der Waals surface area contributed by atoms with Crippen LogP contribution < -0.4 is 5.19 Å². The summed E-state index contributed by atoms with van der Waals surface area (Å²) in [5, 5.41) is 4.89. The van der Waals surface area contributed by atoms with Gasteiger partial charge in [0, 0.05) is 43.1 Å². The molecule has 0 N–H and O–H groups in total. The molecule has 8 heteroatoms. The molecule has 0 aliphatic heterocycles. The Morgan fingerprint density at radius 2 is 1.39 bits per heavy atom. The minimum Gasteiger partial charge on any atom is -0.331 e.